The predicted molar refractivity (Wildman–Crippen MR) is 273 cm³/mol. The number of hydrogen-bond acceptors (Lipinski definition) is 12. The van der Waals surface area contributed by atoms with Crippen LogP contribution in [0.3, 0.4) is 0 Å². The molecule has 0 unspecified atom stereocenters. The SMILES string of the molecule is CC(C)[C@H](N)C(=O)N[C@H](C(=O)N[C@@H](Cc1ccccc1)C(=O)N[C@@H](CCCCN)C(=O)N[C@H](C(=O)N[C@@H](CCCCN)C(=O)N[C@@H](Cc1ccccc1)C(=O)N[C@@H](CCCCN)C(=O)O)C(C)C)C(C)C. The van der Waals surface area contributed by atoms with E-state index in [0.29, 0.717) is 69.3 Å². The van der Waals surface area contributed by atoms with Gasteiger partial charge in [0, 0.05) is 12.8 Å². The normalized spacial score (nSPS) is 14.7. The lowest BCUT2D eigenvalue weighted by Gasteiger charge is -2.29. The Morgan fingerprint density at radius 3 is 1.08 bits per heavy atom. The number of unbranched alkanes of at least 4 members (excludes halogenated alkanes) is 3. The summed E-state index contributed by atoms with van der Waals surface area (Å²) in [5.41, 5.74) is 24.7. The second-order valence-corrected chi connectivity index (χ2v) is 19.1. The number of amides is 7. The van der Waals surface area contributed by atoms with Gasteiger partial charge in [0.05, 0.1) is 6.04 Å². The van der Waals surface area contributed by atoms with Gasteiger partial charge in [0.2, 0.25) is 41.4 Å². The molecule has 8 atom stereocenters. The van der Waals surface area contributed by atoms with Crippen LogP contribution in [0.1, 0.15) is 110 Å². The molecular formula is C51H83N11O9. The number of nitrogens with one attached hydrogen (secondary N) is 7. The number of hydrogen-bond donors (Lipinski definition) is 12. The molecule has 0 bridgehead atoms. The Morgan fingerprint density at radius 1 is 0.408 bits per heavy atom. The van der Waals surface area contributed by atoms with Crippen molar-refractivity contribution in [1.82, 2.24) is 37.2 Å². The van der Waals surface area contributed by atoms with Crippen LogP contribution in [0.25, 0.3) is 0 Å². The topological polar surface area (TPSA) is 345 Å². The summed E-state index contributed by atoms with van der Waals surface area (Å²) < 4.78 is 0. The van der Waals surface area contributed by atoms with Gasteiger partial charge in [-0.2, -0.15) is 0 Å². The molecule has 2 rings (SSSR count). The standard InChI is InChI=1S/C51H83N11O9/c1-31(2)41(55)48(67)62-43(33(5)6)50(69)60-40(30-35-21-11-8-12-22-35)46(65)56-37(24-14-17-27-53)45(64)61-42(32(3)4)49(68)57-36(23-13-16-26-52)44(63)59-39(29-34-19-9-7-10-20-34)47(66)58-38(51(70)71)25-15-18-28-54/h7-12,19-22,31-33,36-43H,13-18,23-30,52-55H2,1-6H3,(H,56,65)(H,57,68)(H,58,66)(H,59,63)(H,60,69)(H,61,64)(H,62,67)(H,70,71)/t36-,37-,38-,39-,40-,41-,42-,43-/m0/s1. The molecule has 0 fully saturated rings. The van der Waals surface area contributed by atoms with Crippen LogP contribution >= 0.6 is 0 Å². The van der Waals surface area contributed by atoms with Gasteiger partial charge in [-0.25, -0.2) is 4.79 Å². The molecule has 0 radical (unpaired) electrons. The number of carboxylic acids is 1. The maximum atomic E-state index is 14.3. The lowest BCUT2D eigenvalue weighted by atomic mass is 9.98. The molecule has 71 heavy (non-hydrogen) atoms. The predicted octanol–water partition coefficient (Wildman–Crippen LogP) is 0.632. The van der Waals surface area contributed by atoms with Crippen molar-refractivity contribution in [1.29, 1.82) is 0 Å². The van der Waals surface area contributed by atoms with E-state index in [1.807, 2.05) is 0 Å². The van der Waals surface area contributed by atoms with Crippen LogP contribution in [0.2, 0.25) is 0 Å². The summed E-state index contributed by atoms with van der Waals surface area (Å²) in [6.45, 7) is 11.4. The number of carbonyl (C=O) groups is 8. The van der Waals surface area contributed by atoms with E-state index in [4.69, 9.17) is 22.9 Å². The molecule has 16 N–H and O–H groups in total. The molecule has 2 aromatic rings. The highest BCUT2D eigenvalue weighted by Gasteiger charge is 2.36. The summed E-state index contributed by atoms with van der Waals surface area (Å²) in [7, 11) is 0. The average molecular weight is 994 g/mol. The minimum absolute atomic E-state index is 0.0106. The quantitative estimate of drug-likeness (QED) is 0.0429. The van der Waals surface area contributed by atoms with E-state index in [0.717, 1.165) is 0 Å². The first-order valence-electron chi connectivity index (χ1n) is 25.0. The summed E-state index contributed by atoms with van der Waals surface area (Å²) in [4.78, 5) is 110. The lowest BCUT2D eigenvalue weighted by molar-refractivity contribution is -0.142. The van der Waals surface area contributed by atoms with E-state index in [2.05, 4.69) is 37.2 Å². The van der Waals surface area contributed by atoms with Crippen molar-refractivity contribution in [2.75, 3.05) is 19.6 Å². The third-order valence-electron chi connectivity index (χ3n) is 12.1. The van der Waals surface area contributed by atoms with Crippen molar-refractivity contribution in [3.8, 4) is 0 Å². The highest BCUT2D eigenvalue weighted by atomic mass is 16.4. The molecule has 20 heteroatoms. The molecule has 0 heterocycles. The Balaban J connectivity index is 2.44. The molecule has 20 nitrogen and oxygen atoms in total. The first-order chi connectivity index (χ1) is 33.7. The first-order valence-corrected chi connectivity index (χ1v) is 25.0. The number of carboxylic acid groups (broad SMARTS) is 1. The zero-order valence-corrected chi connectivity index (χ0v) is 42.5. The van der Waals surface area contributed by atoms with Crippen LogP contribution in [0.4, 0.5) is 0 Å². The minimum atomic E-state index is -1.24. The molecule has 0 aliphatic heterocycles. The maximum absolute atomic E-state index is 14.3. The van der Waals surface area contributed by atoms with Crippen molar-refractivity contribution in [3.63, 3.8) is 0 Å². The molecule has 0 spiro atoms. The molecule has 2 aromatic carbocycles. The summed E-state index contributed by atoms with van der Waals surface area (Å²) in [5.74, 6) is -7.04. The van der Waals surface area contributed by atoms with Crippen molar-refractivity contribution in [2.45, 2.75) is 161 Å². The first kappa shape index (κ1) is 61.2. The van der Waals surface area contributed by atoms with E-state index < -0.39 is 102 Å². The van der Waals surface area contributed by atoms with Gasteiger partial charge in [-0.15, -0.1) is 0 Å². The Kier molecular flexibility index (Phi) is 28.3. The van der Waals surface area contributed by atoms with E-state index in [9.17, 15) is 43.5 Å². The van der Waals surface area contributed by atoms with Crippen LogP contribution in [0.5, 0.6) is 0 Å². The van der Waals surface area contributed by atoms with Crippen molar-refractivity contribution < 1.29 is 43.5 Å². The fourth-order valence-electron chi connectivity index (χ4n) is 7.61. The second-order valence-electron chi connectivity index (χ2n) is 19.1. The highest BCUT2D eigenvalue weighted by Crippen LogP contribution is 2.13. The molecule has 0 aromatic heterocycles. The van der Waals surface area contributed by atoms with E-state index >= 15 is 0 Å². The van der Waals surface area contributed by atoms with Crippen molar-refractivity contribution in [3.05, 3.63) is 71.8 Å². The average Bonchev–Trinajstić information content (AvgIpc) is 3.33. The van der Waals surface area contributed by atoms with E-state index in [-0.39, 0.29) is 43.9 Å². The van der Waals surface area contributed by atoms with Crippen molar-refractivity contribution in [2.24, 2.45) is 40.7 Å². The number of carbonyl (C=O) groups excluding carboxylic acids is 7. The summed E-state index contributed by atoms with van der Waals surface area (Å²) >= 11 is 0. The number of benzene rings is 2. The molecule has 0 aliphatic rings. The van der Waals surface area contributed by atoms with Gasteiger partial charge in [0.15, 0.2) is 0 Å². The van der Waals surface area contributed by atoms with Crippen LogP contribution in [-0.2, 0) is 51.2 Å². The van der Waals surface area contributed by atoms with Gasteiger partial charge in [0.1, 0.15) is 42.3 Å². The van der Waals surface area contributed by atoms with Gasteiger partial charge in [-0.1, -0.05) is 102 Å². The Morgan fingerprint density at radius 2 is 0.718 bits per heavy atom. The molecule has 0 aliphatic carbocycles. The second kappa shape index (κ2) is 32.8. The van der Waals surface area contributed by atoms with Gasteiger partial charge in [-0.3, -0.25) is 33.6 Å². The Labute approximate surface area is 419 Å². The van der Waals surface area contributed by atoms with Gasteiger partial charge < -0.3 is 65.3 Å². The maximum Gasteiger partial charge on any atom is 0.326 e. The van der Waals surface area contributed by atoms with Gasteiger partial charge in [0.25, 0.3) is 0 Å². The fraction of sp³-hybridized carbons (Fsp3) is 0.608. The van der Waals surface area contributed by atoms with E-state index in [1.165, 1.54) is 0 Å². The summed E-state index contributed by atoms with van der Waals surface area (Å²) in [6, 6.07) is 8.59. The minimum Gasteiger partial charge on any atom is -0.480 e. The molecule has 396 valence electrons. The monoisotopic (exact) mass is 994 g/mol. The van der Waals surface area contributed by atoms with Gasteiger partial charge >= 0.3 is 5.97 Å². The molecule has 0 saturated heterocycles. The largest absolute Gasteiger partial charge is 0.480 e. The Bertz CT molecular complexity index is 1970. The van der Waals surface area contributed by atoms with Crippen LogP contribution in [-0.4, -0.2) is 120 Å². The molecule has 7 amide bonds. The number of nitrogens with two attached hydrogens (primary N) is 4. The lowest BCUT2D eigenvalue weighted by Crippen LogP contribution is -2.61. The zero-order chi connectivity index (χ0) is 53.0. The van der Waals surface area contributed by atoms with Crippen molar-refractivity contribution >= 4 is 47.3 Å². The van der Waals surface area contributed by atoms with Gasteiger partial charge in [-0.05, 0) is 106 Å². The summed E-state index contributed by atoms with van der Waals surface area (Å²) in [6.07, 6.45) is 3.27. The smallest absolute Gasteiger partial charge is 0.326 e. The molecular weight excluding hydrogens is 911 g/mol. The van der Waals surface area contributed by atoms with Crippen LogP contribution in [0, 0.1) is 17.8 Å². The Hall–Kier alpha value is -5.96. The van der Waals surface area contributed by atoms with Crippen LogP contribution in [0.15, 0.2) is 60.7 Å². The summed E-state index contributed by atoms with van der Waals surface area (Å²) in [5, 5.41) is 29.1. The zero-order valence-electron chi connectivity index (χ0n) is 42.5. The molecule has 0 saturated carbocycles. The highest BCUT2D eigenvalue weighted by molar-refractivity contribution is 5.98. The fourth-order valence-corrected chi connectivity index (χ4v) is 7.61. The third kappa shape index (κ3) is 22.3. The van der Waals surface area contributed by atoms with Crippen LogP contribution < -0.4 is 60.2 Å². The third-order valence-corrected chi connectivity index (χ3v) is 12.1. The van der Waals surface area contributed by atoms with E-state index in [1.54, 1.807) is 102 Å². The number of aliphatic carboxylic acids is 1. The number of rotatable bonds is 34.